The van der Waals surface area contributed by atoms with E-state index in [9.17, 15) is 29.8 Å². The predicted molar refractivity (Wildman–Crippen MR) is 192 cm³/mol. The number of hydrogen-bond acceptors (Lipinski definition) is 14. The van der Waals surface area contributed by atoms with Gasteiger partial charge in [-0.1, -0.05) is 90.4 Å². The van der Waals surface area contributed by atoms with Gasteiger partial charge in [0.25, 0.3) is 5.56 Å². The molecule has 0 bridgehead atoms. The molecule has 0 radical (unpaired) electrons. The Balaban J connectivity index is 1.38. The maximum atomic E-state index is 13.9. The van der Waals surface area contributed by atoms with Crippen molar-refractivity contribution in [2.24, 2.45) is 0 Å². The first kappa shape index (κ1) is 43.4. The van der Waals surface area contributed by atoms with Crippen LogP contribution in [0.2, 0.25) is 0 Å². The lowest BCUT2D eigenvalue weighted by Gasteiger charge is -2.40. The van der Waals surface area contributed by atoms with E-state index in [0.29, 0.717) is 19.6 Å². The maximum Gasteiger partial charge on any atom is 0.358 e. The number of ether oxygens (including phenoxy) is 3. The highest BCUT2D eigenvalue weighted by atomic mass is 31.2. The minimum atomic E-state index is -4.16. The average molecular weight is 748 g/mol. The number of nitrogens with one attached hydrogen (secondary N) is 1. The summed E-state index contributed by atoms with van der Waals surface area (Å²) >= 11 is 0. The van der Waals surface area contributed by atoms with Crippen LogP contribution in [-0.2, 0) is 34.4 Å². The first-order chi connectivity index (χ1) is 24.6. The van der Waals surface area contributed by atoms with Gasteiger partial charge in [-0.25, -0.2) is 4.98 Å². The van der Waals surface area contributed by atoms with Crippen LogP contribution in [0.4, 0.5) is 5.95 Å². The average Bonchev–Trinajstić information content (AvgIpc) is 3.51. The number of hydrogen-bond donors (Lipinski definition) is 6. The van der Waals surface area contributed by atoms with E-state index in [2.05, 4.69) is 21.9 Å². The highest BCUT2D eigenvalue weighted by Gasteiger charge is 2.47. The summed E-state index contributed by atoms with van der Waals surface area (Å²) in [5.74, 6) is -0.0720. The molecule has 51 heavy (non-hydrogen) atoms. The molecule has 1 saturated heterocycles. The molecule has 0 spiro atoms. The van der Waals surface area contributed by atoms with Crippen molar-refractivity contribution in [2.45, 2.75) is 154 Å². The fraction of sp³-hybridized carbons (Fsp3) is 0.853. The molecular formula is C34H62N5O11P. The highest BCUT2D eigenvalue weighted by molar-refractivity contribution is 7.53. The van der Waals surface area contributed by atoms with E-state index < -0.39 is 62.9 Å². The number of nitrogens with zero attached hydrogens (tertiary/aromatic N) is 3. The summed E-state index contributed by atoms with van der Waals surface area (Å²) in [6, 6.07) is 0. The monoisotopic (exact) mass is 747 g/mol. The number of unbranched alkanes of at least 4 members (excludes halogenated alkanes) is 13. The van der Waals surface area contributed by atoms with Crippen LogP contribution >= 0.6 is 7.60 Å². The van der Waals surface area contributed by atoms with Crippen LogP contribution in [0.15, 0.2) is 11.1 Å². The number of nitrogen functional groups attached to an aromatic ring is 1. The van der Waals surface area contributed by atoms with Gasteiger partial charge in [0.05, 0.1) is 32.2 Å². The topological polar surface area (TPSA) is 234 Å². The van der Waals surface area contributed by atoms with Crippen molar-refractivity contribution < 1.29 is 48.2 Å². The van der Waals surface area contributed by atoms with E-state index >= 15 is 0 Å². The van der Waals surface area contributed by atoms with Crippen molar-refractivity contribution in [2.75, 3.05) is 38.5 Å². The van der Waals surface area contributed by atoms with E-state index in [1.807, 2.05) is 0 Å². The third kappa shape index (κ3) is 15.1. The Labute approximate surface area is 300 Å². The minimum absolute atomic E-state index is 0.0245. The van der Waals surface area contributed by atoms with Crippen LogP contribution in [0.25, 0.3) is 11.2 Å². The van der Waals surface area contributed by atoms with Gasteiger partial charge in [0.2, 0.25) is 5.95 Å². The molecule has 7 atom stereocenters. The zero-order chi connectivity index (χ0) is 37.1. The first-order valence-corrected chi connectivity index (χ1v) is 20.4. The second-order valence-electron chi connectivity index (χ2n) is 13.4. The lowest BCUT2D eigenvalue weighted by molar-refractivity contribution is -0.279. The summed E-state index contributed by atoms with van der Waals surface area (Å²) in [7, 11) is -4.16. The van der Waals surface area contributed by atoms with Crippen LogP contribution in [0.5, 0.6) is 0 Å². The molecule has 17 heteroatoms. The van der Waals surface area contributed by atoms with Gasteiger partial charge in [-0.3, -0.25) is 18.9 Å². The number of rotatable bonds is 28. The maximum absolute atomic E-state index is 13.9. The van der Waals surface area contributed by atoms with Crippen molar-refractivity contribution >= 4 is 24.7 Å². The second-order valence-corrected chi connectivity index (χ2v) is 15.4. The van der Waals surface area contributed by atoms with Crippen molar-refractivity contribution in [1.29, 1.82) is 0 Å². The fourth-order valence-corrected chi connectivity index (χ4v) is 7.46. The molecule has 16 nitrogen and oxygen atoms in total. The predicted octanol–water partition coefficient (Wildman–Crippen LogP) is 3.98. The summed E-state index contributed by atoms with van der Waals surface area (Å²) in [4.78, 5) is 22.7. The van der Waals surface area contributed by atoms with Crippen LogP contribution in [0.3, 0.4) is 0 Å². The van der Waals surface area contributed by atoms with E-state index in [4.69, 9.17) is 29.0 Å². The van der Waals surface area contributed by atoms with Gasteiger partial charge in [-0.15, -0.1) is 0 Å². The Bertz CT molecular complexity index is 1350. The largest absolute Gasteiger partial charge is 0.394 e. The van der Waals surface area contributed by atoms with Gasteiger partial charge < -0.3 is 49.5 Å². The minimum Gasteiger partial charge on any atom is -0.394 e. The number of aromatic amines is 1. The van der Waals surface area contributed by atoms with Gasteiger partial charge in [0, 0.05) is 13.2 Å². The van der Waals surface area contributed by atoms with Crippen molar-refractivity contribution in [3.63, 3.8) is 0 Å². The normalized spacial score (nSPS) is 22.7. The molecule has 3 unspecified atom stereocenters. The number of fused-ring (bicyclic) bond motifs is 1. The van der Waals surface area contributed by atoms with Gasteiger partial charge in [0.15, 0.2) is 17.5 Å². The van der Waals surface area contributed by atoms with Crippen LogP contribution in [0, 0.1) is 0 Å². The van der Waals surface area contributed by atoms with Crippen molar-refractivity contribution in [3.8, 4) is 0 Å². The van der Waals surface area contributed by atoms with Crippen LogP contribution in [0.1, 0.15) is 110 Å². The third-order valence-electron chi connectivity index (χ3n) is 8.94. The molecule has 1 aliphatic rings. The molecule has 0 aliphatic carbocycles. The number of aliphatic hydroxyl groups is 4. The molecule has 7 N–H and O–H groups in total. The number of aliphatic hydroxyl groups excluding tert-OH is 4. The molecule has 2 aromatic rings. The smallest absolute Gasteiger partial charge is 0.358 e. The number of imidazole rings is 1. The molecule has 0 amide bonds. The second kappa shape index (κ2) is 23.6. The number of anilines is 1. The summed E-state index contributed by atoms with van der Waals surface area (Å²) in [6.45, 7) is 4.38. The zero-order valence-corrected chi connectivity index (χ0v) is 31.3. The van der Waals surface area contributed by atoms with E-state index in [1.165, 1.54) is 83.4 Å². The Kier molecular flexibility index (Phi) is 20.1. The van der Waals surface area contributed by atoms with Crippen LogP contribution < -0.4 is 11.3 Å². The van der Waals surface area contributed by atoms with Gasteiger partial charge >= 0.3 is 7.60 Å². The van der Waals surface area contributed by atoms with E-state index in [1.54, 1.807) is 11.5 Å². The molecular weight excluding hydrogens is 685 g/mol. The molecule has 3 heterocycles. The zero-order valence-electron chi connectivity index (χ0n) is 30.4. The molecule has 2 aromatic heterocycles. The highest BCUT2D eigenvalue weighted by Crippen LogP contribution is 2.51. The van der Waals surface area contributed by atoms with Gasteiger partial charge in [-0.2, -0.15) is 4.98 Å². The summed E-state index contributed by atoms with van der Waals surface area (Å²) in [5.41, 5.74) is 5.54. The molecule has 0 saturated carbocycles. The standard InChI is InChI=1S/C34H62N5O11P/c1-3-4-5-6-7-8-9-10-11-12-13-14-15-16-18-46-19-17-20-48-51(45,50-33-30(43)29(42)28(41)26(22-40)49-33)24-47-25(2)21-39-23-36-27-31(39)37-34(35)38-32(27)44/h23,25-26,28-30,33,40-43H,3-22,24H2,1-2H3,(H3,35,37,38,44)/t25?,26-,28+,29+,30-,33?,51?/m1/s1. The van der Waals surface area contributed by atoms with Gasteiger partial charge in [-0.05, 0) is 19.8 Å². The number of aromatic nitrogens is 4. The van der Waals surface area contributed by atoms with Crippen LogP contribution in [-0.4, -0.2) is 110 Å². The Morgan fingerprint density at radius 2 is 1.53 bits per heavy atom. The Morgan fingerprint density at radius 3 is 2.16 bits per heavy atom. The quantitative estimate of drug-likeness (QED) is 0.0534. The molecule has 1 aliphatic heterocycles. The molecule has 294 valence electrons. The number of nitrogens with two attached hydrogens (primary N) is 1. The summed E-state index contributed by atoms with van der Waals surface area (Å²) < 4.78 is 43.7. The van der Waals surface area contributed by atoms with Crippen molar-refractivity contribution in [3.05, 3.63) is 16.7 Å². The first-order valence-electron chi connectivity index (χ1n) is 18.7. The SMILES string of the molecule is CCCCCCCCCCCCCCCCOCCCOP(=O)(COC(C)Cn1cnc2c(=O)[nH]c(N)nc21)OC1O[C@H](CO)[C@H](O)[C@H](O)[C@H]1O. The molecule has 3 rings (SSSR count). The van der Waals surface area contributed by atoms with Gasteiger partial charge in [0.1, 0.15) is 30.8 Å². The Morgan fingerprint density at radius 1 is 0.922 bits per heavy atom. The van der Waals surface area contributed by atoms with E-state index in [0.717, 1.165) is 12.8 Å². The fourth-order valence-electron chi connectivity index (χ4n) is 5.93. The summed E-state index contributed by atoms with van der Waals surface area (Å²) in [6.07, 6.45) is 10.5. The summed E-state index contributed by atoms with van der Waals surface area (Å²) in [5, 5.41) is 40.4. The lowest BCUT2D eigenvalue weighted by atomic mass is 10.00. The van der Waals surface area contributed by atoms with E-state index in [-0.39, 0.29) is 30.3 Å². The molecule has 0 aromatic carbocycles. The lowest BCUT2D eigenvalue weighted by Crippen LogP contribution is -2.59. The Hall–Kier alpha value is -1.98. The van der Waals surface area contributed by atoms with Crippen molar-refractivity contribution in [1.82, 2.24) is 19.5 Å². The third-order valence-corrected chi connectivity index (χ3v) is 10.5. The number of H-pyrrole nitrogens is 1. The molecule has 1 fully saturated rings.